The molecule has 7 nitrogen and oxygen atoms in total. The molecule has 0 saturated carbocycles. The molecule has 2 heterocycles. The molecule has 24 heavy (non-hydrogen) atoms. The third-order valence-electron chi connectivity index (χ3n) is 4.24. The van der Waals surface area contributed by atoms with Gasteiger partial charge in [-0.15, -0.1) is 0 Å². The predicted molar refractivity (Wildman–Crippen MR) is 86.3 cm³/mol. The lowest BCUT2D eigenvalue weighted by Crippen LogP contribution is -2.41. The van der Waals surface area contributed by atoms with E-state index in [2.05, 4.69) is 15.5 Å². The number of hydrogen-bond acceptors (Lipinski definition) is 4. The summed E-state index contributed by atoms with van der Waals surface area (Å²) in [5.74, 6) is -0.339. The number of amides is 3. The van der Waals surface area contributed by atoms with Gasteiger partial charge < -0.3 is 20.3 Å². The fraction of sp³-hybridized carbons (Fsp3) is 0.500. The minimum absolute atomic E-state index is 0.0657. The zero-order valence-corrected chi connectivity index (χ0v) is 13.3. The molecule has 0 aromatic heterocycles. The first-order valence-electron chi connectivity index (χ1n) is 8.07. The Labute approximate surface area is 139 Å². The van der Waals surface area contributed by atoms with Crippen molar-refractivity contribution in [3.8, 4) is 0 Å². The summed E-state index contributed by atoms with van der Waals surface area (Å²) < 4.78 is 17.7. The second-order valence-electron chi connectivity index (χ2n) is 5.99. The summed E-state index contributed by atoms with van der Waals surface area (Å²) >= 11 is 0. The number of cyclic esters (lactones) is 1. The molecule has 2 aliphatic heterocycles. The topological polar surface area (TPSA) is 73.9 Å². The Hall–Kier alpha value is -2.35. The molecule has 8 heteroatoms. The van der Waals surface area contributed by atoms with Crippen molar-refractivity contribution in [2.24, 2.45) is 0 Å². The van der Waals surface area contributed by atoms with E-state index in [4.69, 9.17) is 4.74 Å². The van der Waals surface area contributed by atoms with E-state index in [1.165, 1.54) is 24.3 Å². The van der Waals surface area contributed by atoms with Crippen LogP contribution in [0.3, 0.4) is 0 Å². The van der Waals surface area contributed by atoms with E-state index >= 15 is 0 Å². The van der Waals surface area contributed by atoms with Gasteiger partial charge in [0.25, 0.3) is 0 Å². The number of nitrogens with zero attached hydrogens (tertiary/aromatic N) is 2. The molecule has 1 unspecified atom stereocenters. The molecule has 0 aliphatic carbocycles. The molecule has 0 bridgehead atoms. The maximum atomic E-state index is 12.8. The molecule has 2 saturated heterocycles. The molecule has 2 fully saturated rings. The third kappa shape index (κ3) is 4.35. The van der Waals surface area contributed by atoms with Gasteiger partial charge in [-0.3, -0.25) is 4.90 Å². The molecule has 3 rings (SSSR count). The monoisotopic (exact) mass is 336 g/mol. The number of halogens is 1. The van der Waals surface area contributed by atoms with Gasteiger partial charge in [-0.2, -0.15) is 0 Å². The van der Waals surface area contributed by atoms with Crippen LogP contribution in [0.25, 0.3) is 0 Å². The molecule has 130 valence electrons. The van der Waals surface area contributed by atoms with E-state index < -0.39 is 0 Å². The number of nitrogens with one attached hydrogen (secondary N) is 2. The number of rotatable bonds is 5. The maximum absolute atomic E-state index is 12.8. The Morgan fingerprint density at radius 3 is 2.75 bits per heavy atom. The van der Waals surface area contributed by atoms with E-state index in [1.807, 2.05) is 0 Å². The largest absolute Gasteiger partial charge is 0.448 e. The van der Waals surface area contributed by atoms with Crippen LogP contribution in [0, 0.1) is 5.82 Å². The van der Waals surface area contributed by atoms with Crippen LogP contribution in [0.1, 0.15) is 6.42 Å². The number of anilines is 1. The summed E-state index contributed by atoms with van der Waals surface area (Å²) in [4.78, 5) is 27.3. The van der Waals surface area contributed by atoms with Crippen molar-refractivity contribution in [1.29, 1.82) is 0 Å². The summed E-state index contributed by atoms with van der Waals surface area (Å²) in [5, 5.41) is 5.61. The van der Waals surface area contributed by atoms with Crippen LogP contribution in [0.15, 0.2) is 24.3 Å². The highest BCUT2D eigenvalue weighted by atomic mass is 19.1. The van der Waals surface area contributed by atoms with E-state index in [0.717, 1.165) is 26.1 Å². The van der Waals surface area contributed by atoms with Crippen LogP contribution in [0.2, 0.25) is 0 Å². The van der Waals surface area contributed by atoms with Crippen LogP contribution in [-0.2, 0) is 4.74 Å². The van der Waals surface area contributed by atoms with Crippen molar-refractivity contribution >= 4 is 17.8 Å². The van der Waals surface area contributed by atoms with Crippen molar-refractivity contribution in [2.75, 3.05) is 44.6 Å². The van der Waals surface area contributed by atoms with Gasteiger partial charge in [0.05, 0.1) is 6.54 Å². The summed E-state index contributed by atoms with van der Waals surface area (Å²) in [5.41, 5.74) is 0.552. The van der Waals surface area contributed by atoms with Crippen molar-refractivity contribution in [3.05, 3.63) is 30.1 Å². The lowest BCUT2D eigenvalue weighted by atomic mass is 10.3. The zero-order valence-electron chi connectivity index (χ0n) is 13.3. The Balaban J connectivity index is 1.38. The first kappa shape index (κ1) is 16.5. The van der Waals surface area contributed by atoms with Gasteiger partial charge in [-0.05, 0) is 30.7 Å². The Bertz CT molecular complexity index is 595. The molecule has 1 aromatic rings. The lowest BCUT2D eigenvalue weighted by Gasteiger charge is -2.20. The average molecular weight is 336 g/mol. The van der Waals surface area contributed by atoms with Crippen LogP contribution in [0.5, 0.6) is 0 Å². The number of urea groups is 1. The van der Waals surface area contributed by atoms with Crippen molar-refractivity contribution in [3.63, 3.8) is 0 Å². The zero-order chi connectivity index (χ0) is 16.9. The average Bonchev–Trinajstić information content (AvgIpc) is 3.16. The summed E-state index contributed by atoms with van der Waals surface area (Å²) in [6.07, 6.45) is 0.615. The van der Waals surface area contributed by atoms with Gasteiger partial charge in [0, 0.05) is 37.9 Å². The van der Waals surface area contributed by atoms with Crippen LogP contribution < -0.4 is 10.6 Å². The second-order valence-corrected chi connectivity index (χ2v) is 5.99. The third-order valence-corrected chi connectivity index (χ3v) is 4.24. The molecule has 1 aromatic carbocycles. The van der Waals surface area contributed by atoms with Gasteiger partial charge in [-0.1, -0.05) is 0 Å². The summed E-state index contributed by atoms with van der Waals surface area (Å²) in [6, 6.07) is 5.41. The van der Waals surface area contributed by atoms with E-state index in [-0.39, 0.29) is 24.0 Å². The number of hydrogen-bond donors (Lipinski definition) is 2. The standard InChI is InChI=1S/C16H21FN4O3/c17-12-1-3-13(4-2-12)18-15(22)19-14-5-6-20(11-14)7-8-21-9-10-24-16(21)23/h1-4,14H,5-11H2,(H2,18,19,22). The number of benzene rings is 1. The highest BCUT2D eigenvalue weighted by Gasteiger charge is 2.26. The first-order chi connectivity index (χ1) is 11.6. The molecule has 0 radical (unpaired) electrons. The molecule has 0 spiro atoms. The smallest absolute Gasteiger partial charge is 0.409 e. The van der Waals surface area contributed by atoms with Gasteiger partial charge in [0.15, 0.2) is 0 Å². The molecule has 3 amide bonds. The Kier molecular flexibility index (Phi) is 5.14. The Morgan fingerprint density at radius 1 is 1.25 bits per heavy atom. The Morgan fingerprint density at radius 2 is 2.04 bits per heavy atom. The summed E-state index contributed by atoms with van der Waals surface area (Å²) in [6.45, 7) is 4.16. The van der Waals surface area contributed by atoms with E-state index in [9.17, 15) is 14.0 Å². The first-order valence-corrected chi connectivity index (χ1v) is 8.07. The minimum Gasteiger partial charge on any atom is -0.448 e. The quantitative estimate of drug-likeness (QED) is 0.854. The fourth-order valence-corrected chi connectivity index (χ4v) is 2.93. The van der Waals surface area contributed by atoms with Crippen molar-refractivity contribution in [1.82, 2.24) is 15.1 Å². The number of likely N-dealkylation sites (tertiary alicyclic amines) is 1. The van der Waals surface area contributed by atoms with Crippen LogP contribution >= 0.6 is 0 Å². The number of ether oxygens (including phenoxy) is 1. The highest BCUT2D eigenvalue weighted by molar-refractivity contribution is 5.89. The normalized spacial score (nSPS) is 21.0. The van der Waals surface area contributed by atoms with Gasteiger partial charge in [-0.25, -0.2) is 14.0 Å². The van der Waals surface area contributed by atoms with Gasteiger partial charge in [0.1, 0.15) is 12.4 Å². The van der Waals surface area contributed by atoms with E-state index in [1.54, 1.807) is 4.90 Å². The summed E-state index contributed by atoms with van der Waals surface area (Å²) in [7, 11) is 0. The lowest BCUT2D eigenvalue weighted by molar-refractivity contribution is 0.155. The number of carbonyl (C=O) groups is 2. The molecular weight excluding hydrogens is 315 g/mol. The SMILES string of the molecule is O=C(Nc1ccc(F)cc1)NC1CCN(CCN2CCOC2=O)C1. The molecule has 1 atom stereocenters. The van der Waals surface area contributed by atoms with Crippen LogP contribution in [-0.4, -0.2) is 67.3 Å². The van der Waals surface area contributed by atoms with E-state index in [0.29, 0.717) is 25.4 Å². The molecular formula is C16H21FN4O3. The molecule has 2 N–H and O–H groups in total. The van der Waals surface area contributed by atoms with Gasteiger partial charge >= 0.3 is 12.1 Å². The second kappa shape index (κ2) is 7.48. The molecule has 2 aliphatic rings. The van der Waals surface area contributed by atoms with Crippen LogP contribution in [0.4, 0.5) is 19.7 Å². The minimum atomic E-state index is -0.339. The van der Waals surface area contributed by atoms with Crippen molar-refractivity contribution < 1.29 is 18.7 Å². The number of carbonyl (C=O) groups excluding carboxylic acids is 2. The predicted octanol–water partition coefficient (Wildman–Crippen LogP) is 1.47. The van der Waals surface area contributed by atoms with Crippen molar-refractivity contribution in [2.45, 2.75) is 12.5 Å². The van der Waals surface area contributed by atoms with Gasteiger partial charge in [0.2, 0.25) is 0 Å². The fourth-order valence-electron chi connectivity index (χ4n) is 2.93. The maximum Gasteiger partial charge on any atom is 0.409 e. The highest BCUT2D eigenvalue weighted by Crippen LogP contribution is 2.12.